The van der Waals surface area contributed by atoms with Crippen LogP contribution >= 0.6 is 0 Å². The van der Waals surface area contributed by atoms with Gasteiger partial charge in [-0.05, 0) is 12.8 Å². The van der Waals surface area contributed by atoms with Gasteiger partial charge in [0.15, 0.2) is 0 Å². The molecule has 0 aromatic heterocycles. The summed E-state index contributed by atoms with van der Waals surface area (Å²) in [4.78, 5) is 13.5. The predicted octanol–water partition coefficient (Wildman–Crippen LogP) is 0.345. The molecular weight excluding hydrogens is 192 g/mol. The van der Waals surface area contributed by atoms with Crippen molar-refractivity contribution in [2.75, 3.05) is 19.6 Å². The van der Waals surface area contributed by atoms with Crippen molar-refractivity contribution < 1.29 is 9.90 Å². The maximum atomic E-state index is 11.8. The average molecular weight is 214 g/mol. The molecule has 0 radical (unpaired) electrons. The van der Waals surface area contributed by atoms with Gasteiger partial charge in [0, 0.05) is 6.54 Å². The molecule has 4 heteroatoms. The number of hydrogen-bond acceptors (Lipinski definition) is 3. The van der Waals surface area contributed by atoms with E-state index in [1.54, 1.807) is 4.90 Å². The van der Waals surface area contributed by atoms with E-state index in [-0.39, 0.29) is 11.8 Å². The first kappa shape index (κ1) is 12.5. The third kappa shape index (κ3) is 2.69. The van der Waals surface area contributed by atoms with E-state index < -0.39 is 5.60 Å². The minimum absolute atomic E-state index is 0.0730. The zero-order chi connectivity index (χ0) is 11.5. The molecule has 1 aliphatic heterocycles. The number of nitrogens with zero attached hydrogens (tertiary/aromatic N) is 1. The van der Waals surface area contributed by atoms with Crippen molar-refractivity contribution in [1.82, 2.24) is 4.90 Å². The molecule has 0 aliphatic carbocycles. The standard InChI is InChI=1S/C11H22N2O2/c1-3-5-11(15)7-13(8-11)10(14)9(4-2)6-12/h9,15H,3-8,12H2,1-2H3. The van der Waals surface area contributed by atoms with Crippen LogP contribution in [0.3, 0.4) is 0 Å². The number of amides is 1. The maximum absolute atomic E-state index is 11.8. The van der Waals surface area contributed by atoms with Gasteiger partial charge in [0.2, 0.25) is 5.91 Å². The Balaban J connectivity index is 2.40. The van der Waals surface area contributed by atoms with Crippen LogP contribution < -0.4 is 5.73 Å². The summed E-state index contributed by atoms with van der Waals surface area (Å²) in [5.41, 5.74) is 4.89. The SMILES string of the molecule is CCCC1(O)CN(C(=O)C(CC)CN)C1. The number of hydrogen-bond donors (Lipinski definition) is 2. The third-order valence-corrected chi connectivity index (χ3v) is 3.12. The highest BCUT2D eigenvalue weighted by Crippen LogP contribution is 2.27. The summed E-state index contributed by atoms with van der Waals surface area (Å²) in [5.74, 6) is 0.0250. The second-order valence-corrected chi connectivity index (χ2v) is 4.51. The quantitative estimate of drug-likeness (QED) is 0.693. The van der Waals surface area contributed by atoms with Crippen LogP contribution in [0.2, 0.25) is 0 Å². The van der Waals surface area contributed by atoms with E-state index in [1.165, 1.54) is 0 Å². The van der Waals surface area contributed by atoms with Crippen molar-refractivity contribution in [2.45, 2.75) is 38.7 Å². The molecule has 3 N–H and O–H groups in total. The lowest BCUT2D eigenvalue weighted by Crippen LogP contribution is -2.64. The first-order valence-corrected chi connectivity index (χ1v) is 5.77. The maximum Gasteiger partial charge on any atom is 0.227 e. The van der Waals surface area contributed by atoms with Gasteiger partial charge in [-0.15, -0.1) is 0 Å². The Morgan fingerprint density at radius 2 is 2.13 bits per heavy atom. The fourth-order valence-electron chi connectivity index (χ4n) is 2.14. The van der Waals surface area contributed by atoms with Gasteiger partial charge < -0.3 is 15.7 Å². The fourth-order valence-corrected chi connectivity index (χ4v) is 2.14. The molecule has 0 aromatic rings. The van der Waals surface area contributed by atoms with E-state index in [2.05, 4.69) is 0 Å². The highest BCUT2D eigenvalue weighted by atomic mass is 16.3. The molecule has 4 nitrogen and oxygen atoms in total. The van der Waals surface area contributed by atoms with Crippen molar-refractivity contribution in [1.29, 1.82) is 0 Å². The lowest BCUT2D eigenvalue weighted by Gasteiger charge is -2.47. The molecule has 1 fully saturated rings. The first-order valence-electron chi connectivity index (χ1n) is 5.77. The van der Waals surface area contributed by atoms with Crippen LogP contribution in [0.15, 0.2) is 0 Å². The molecule has 1 saturated heterocycles. The summed E-state index contributed by atoms with van der Waals surface area (Å²) in [6.07, 6.45) is 2.50. The van der Waals surface area contributed by atoms with Gasteiger partial charge in [-0.1, -0.05) is 20.3 Å². The van der Waals surface area contributed by atoms with Gasteiger partial charge in [0.25, 0.3) is 0 Å². The molecule has 0 bridgehead atoms. The van der Waals surface area contributed by atoms with Crippen LogP contribution in [0, 0.1) is 5.92 Å². The minimum atomic E-state index is -0.628. The highest BCUT2D eigenvalue weighted by molar-refractivity contribution is 5.80. The minimum Gasteiger partial charge on any atom is -0.386 e. The van der Waals surface area contributed by atoms with Gasteiger partial charge in [0.05, 0.1) is 24.6 Å². The van der Waals surface area contributed by atoms with Crippen molar-refractivity contribution in [2.24, 2.45) is 11.7 Å². The second kappa shape index (κ2) is 4.94. The molecular formula is C11H22N2O2. The number of carbonyl (C=O) groups excluding carboxylic acids is 1. The Hall–Kier alpha value is -0.610. The summed E-state index contributed by atoms with van der Waals surface area (Å²) in [6, 6.07) is 0. The smallest absolute Gasteiger partial charge is 0.227 e. The largest absolute Gasteiger partial charge is 0.386 e. The summed E-state index contributed by atoms with van der Waals surface area (Å²) in [5, 5.41) is 9.93. The van der Waals surface area contributed by atoms with Crippen molar-refractivity contribution in [3.63, 3.8) is 0 Å². The molecule has 1 rings (SSSR count). The second-order valence-electron chi connectivity index (χ2n) is 4.51. The fraction of sp³-hybridized carbons (Fsp3) is 0.909. The lowest BCUT2D eigenvalue weighted by molar-refractivity contribution is -0.160. The van der Waals surface area contributed by atoms with Gasteiger partial charge in [-0.25, -0.2) is 0 Å². The van der Waals surface area contributed by atoms with Crippen LogP contribution in [0.5, 0.6) is 0 Å². The molecule has 0 saturated carbocycles. The normalized spacial score (nSPS) is 20.9. The highest BCUT2D eigenvalue weighted by Gasteiger charge is 2.43. The number of nitrogens with two attached hydrogens (primary N) is 1. The van der Waals surface area contributed by atoms with Gasteiger partial charge >= 0.3 is 0 Å². The van der Waals surface area contributed by atoms with Gasteiger partial charge in [-0.3, -0.25) is 4.79 Å². The Morgan fingerprint density at radius 1 is 1.53 bits per heavy atom. The number of aliphatic hydroxyl groups is 1. The van der Waals surface area contributed by atoms with E-state index in [9.17, 15) is 9.90 Å². The Morgan fingerprint density at radius 3 is 2.53 bits per heavy atom. The van der Waals surface area contributed by atoms with Crippen LogP contribution in [0.25, 0.3) is 0 Å². The van der Waals surface area contributed by atoms with E-state index in [0.29, 0.717) is 19.6 Å². The summed E-state index contributed by atoms with van der Waals surface area (Å²) >= 11 is 0. The number of carbonyl (C=O) groups is 1. The van der Waals surface area contributed by atoms with E-state index >= 15 is 0 Å². The summed E-state index contributed by atoms with van der Waals surface area (Å²) < 4.78 is 0. The monoisotopic (exact) mass is 214 g/mol. The lowest BCUT2D eigenvalue weighted by atomic mass is 9.88. The predicted molar refractivity (Wildman–Crippen MR) is 59.3 cm³/mol. The molecule has 1 amide bonds. The molecule has 1 aliphatic rings. The van der Waals surface area contributed by atoms with Crippen molar-refractivity contribution in [3.8, 4) is 0 Å². The van der Waals surface area contributed by atoms with E-state index in [4.69, 9.17) is 5.73 Å². The summed E-state index contributed by atoms with van der Waals surface area (Å²) in [7, 11) is 0. The van der Waals surface area contributed by atoms with E-state index in [0.717, 1.165) is 19.3 Å². The Labute approximate surface area is 91.4 Å². The van der Waals surface area contributed by atoms with Crippen LogP contribution in [0.1, 0.15) is 33.1 Å². The number of likely N-dealkylation sites (tertiary alicyclic amines) is 1. The molecule has 0 spiro atoms. The zero-order valence-corrected chi connectivity index (χ0v) is 9.70. The van der Waals surface area contributed by atoms with Crippen LogP contribution in [-0.2, 0) is 4.79 Å². The van der Waals surface area contributed by atoms with Crippen LogP contribution in [-0.4, -0.2) is 41.1 Å². The Kier molecular flexibility index (Phi) is 4.11. The molecule has 1 unspecified atom stereocenters. The molecule has 0 aromatic carbocycles. The zero-order valence-electron chi connectivity index (χ0n) is 9.70. The topological polar surface area (TPSA) is 66.6 Å². The number of rotatable bonds is 5. The molecule has 1 heterocycles. The van der Waals surface area contributed by atoms with Crippen molar-refractivity contribution >= 4 is 5.91 Å². The third-order valence-electron chi connectivity index (χ3n) is 3.12. The number of β-amino-alcohol motifs (C(OH)–C–C–N with tert-alkyl or cyclic N) is 1. The molecule has 88 valence electrons. The van der Waals surface area contributed by atoms with Gasteiger partial charge in [0.1, 0.15) is 0 Å². The first-order chi connectivity index (χ1) is 7.06. The Bertz CT molecular complexity index is 221. The molecule has 1 atom stereocenters. The van der Waals surface area contributed by atoms with Crippen LogP contribution in [0.4, 0.5) is 0 Å². The summed E-state index contributed by atoms with van der Waals surface area (Å²) in [6.45, 7) is 5.37. The van der Waals surface area contributed by atoms with E-state index in [1.807, 2.05) is 13.8 Å². The average Bonchev–Trinajstić information content (AvgIpc) is 2.16. The van der Waals surface area contributed by atoms with Gasteiger partial charge in [-0.2, -0.15) is 0 Å². The molecule has 15 heavy (non-hydrogen) atoms. The van der Waals surface area contributed by atoms with Crippen molar-refractivity contribution in [3.05, 3.63) is 0 Å².